The van der Waals surface area contributed by atoms with Gasteiger partial charge in [0, 0.05) is 6.42 Å². The van der Waals surface area contributed by atoms with E-state index in [9.17, 15) is 9.59 Å². The Morgan fingerprint density at radius 1 is 1.00 bits per heavy atom. The first kappa shape index (κ1) is 14.3. The molecule has 1 fully saturated rings. The van der Waals surface area contributed by atoms with Crippen LogP contribution in [0.4, 0.5) is 4.79 Å². The van der Waals surface area contributed by atoms with Crippen molar-refractivity contribution in [3.05, 3.63) is 71.3 Å². The number of carbonyl (C=O) groups excluding carboxylic acids is 2. The van der Waals surface area contributed by atoms with Crippen molar-refractivity contribution in [3.8, 4) is 0 Å². The second-order valence-corrected chi connectivity index (χ2v) is 5.54. The third-order valence-corrected chi connectivity index (χ3v) is 3.98. The molecule has 0 radical (unpaired) electrons. The number of rotatable bonds is 4. The second kappa shape index (κ2) is 6.02. The van der Waals surface area contributed by atoms with Gasteiger partial charge in [-0.3, -0.25) is 9.69 Å². The lowest BCUT2D eigenvalue weighted by molar-refractivity contribution is -0.127. The Bertz CT molecular complexity index is 697. The summed E-state index contributed by atoms with van der Waals surface area (Å²) >= 11 is 0. The Labute approximate surface area is 129 Å². The highest BCUT2D eigenvalue weighted by Gasteiger charge is 2.37. The van der Waals surface area contributed by atoms with Gasteiger partial charge in [0.05, 0.1) is 6.54 Å². The third kappa shape index (κ3) is 2.86. The smallest absolute Gasteiger partial charge is 0.325 e. The molecule has 1 aliphatic rings. The van der Waals surface area contributed by atoms with Crippen LogP contribution < -0.4 is 5.32 Å². The molecule has 1 heterocycles. The van der Waals surface area contributed by atoms with Crippen molar-refractivity contribution in [1.29, 1.82) is 0 Å². The molecule has 1 atom stereocenters. The van der Waals surface area contributed by atoms with Crippen LogP contribution in [0.5, 0.6) is 0 Å². The van der Waals surface area contributed by atoms with Crippen LogP contribution in [-0.2, 0) is 17.8 Å². The highest BCUT2D eigenvalue weighted by Crippen LogP contribution is 2.17. The Morgan fingerprint density at radius 2 is 1.68 bits per heavy atom. The van der Waals surface area contributed by atoms with Crippen LogP contribution in [0.1, 0.15) is 16.7 Å². The minimum absolute atomic E-state index is 0.155. The lowest BCUT2D eigenvalue weighted by Gasteiger charge is -2.14. The number of imide groups is 1. The molecule has 0 spiro atoms. The first-order chi connectivity index (χ1) is 10.6. The summed E-state index contributed by atoms with van der Waals surface area (Å²) < 4.78 is 0. The average molecular weight is 294 g/mol. The zero-order valence-corrected chi connectivity index (χ0v) is 12.5. The largest absolute Gasteiger partial charge is 0.325 e. The van der Waals surface area contributed by atoms with Gasteiger partial charge in [-0.15, -0.1) is 0 Å². The molecule has 22 heavy (non-hydrogen) atoms. The predicted molar refractivity (Wildman–Crippen MR) is 84.2 cm³/mol. The third-order valence-electron chi connectivity index (χ3n) is 3.98. The van der Waals surface area contributed by atoms with E-state index in [1.54, 1.807) is 0 Å². The zero-order valence-electron chi connectivity index (χ0n) is 12.5. The number of urea groups is 1. The Kier molecular flexibility index (Phi) is 3.92. The summed E-state index contributed by atoms with van der Waals surface area (Å²) in [7, 11) is 0. The number of aryl methyl sites for hydroxylation is 1. The van der Waals surface area contributed by atoms with E-state index < -0.39 is 6.04 Å². The molecule has 1 saturated heterocycles. The molecule has 1 aliphatic heterocycles. The number of nitrogens with one attached hydrogen (secondary N) is 1. The maximum absolute atomic E-state index is 12.5. The van der Waals surface area contributed by atoms with Crippen LogP contribution >= 0.6 is 0 Å². The van der Waals surface area contributed by atoms with Crippen LogP contribution in [0, 0.1) is 6.92 Å². The van der Waals surface area contributed by atoms with Crippen molar-refractivity contribution >= 4 is 11.9 Å². The molecular weight excluding hydrogens is 276 g/mol. The highest BCUT2D eigenvalue weighted by atomic mass is 16.2. The van der Waals surface area contributed by atoms with E-state index in [1.165, 1.54) is 4.90 Å². The summed E-state index contributed by atoms with van der Waals surface area (Å²) in [5.41, 5.74) is 3.11. The Hall–Kier alpha value is -2.62. The molecule has 2 aromatic carbocycles. The molecule has 4 nitrogen and oxygen atoms in total. The molecule has 1 N–H and O–H groups in total. The molecule has 0 saturated carbocycles. The number of nitrogens with zero attached hydrogens (tertiary/aromatic N) is 1. The summed E-state index contributed by atoms with van der Waals surface area (Å²) in [5, 5.41) is 2.78. The van der Waals surface area contributed by atoms with E-state index in [4.69, 9.17) is 0 Å². The summed E-state index contributed by atoms with van der Waals surface area (Å²) in [6.07, 6.45) is 0.523. The van der Waals surface area contributed by atoms with Gasteiger partial charge in [0.25, 0.3) is 5.91 Å². The molecule has 0 bridgehead atoms. The summed E-state index contributed by atoms with van der Waals surface area (Å²) in [6, 6.07) is 16.7. The SMILES string of the molecule is Cc1ccccc1CN1C(=O)N[C@@H](Cc2ccccc2)C1=O. The molecule has 0 aliphatic carbocycles. The molecule has 0 aromatic heterocycles. The molecule has 112 valence electrons. The lowest BCUT2D eigenvalue weighted by Crippen LogP contribution is -2.32. The van der Waals surface area contributed by atoms with Gasteiger partial charge in [-0.25, -0.2) is 4.79 Å². The molecule has 4 heteroatoms. The molecule has 0 unspecified atom stereocenters. The van der Waals surface area contributed by atoms with E-state index in [0.717, 1.165) is 16.7 Å². The topological polar surface area (TPSA) is 49.4 Å². The zero-order chi connectivity index (χ0) is 15.5. The van der Waals surface area contributed by atoms with E-state index in [0.29, 0.717) is 13.0 Å². The number of amides is 3. The van der Waals surface area contributed by atoms with E-state index in [2.05, 4.69) is 5.32 Å². The van der Waals surface area contributed by atoms with Crippen LogP contribution in [0.25, 0.3) is 0 Å². The summed E-state index contributed by atoms with van der Waals surface area (Å²) in [4.78, 5) is 25.9. The number of benzene rings is 2. The van der Waals surface area contributed by atoms with Gasteiger partial charge in [-0.2, -0.15) is 0 Å². The van der Waals surface area contributed by atoms with E-state index >= 15 is 0 Å². The van der Waals surface area contributed by atoms with Gasteiger partial charge in [-0.05, 0) is 23.6 Å². The number of carbonyl (C=O) groups is 2. The van der Waals surface area contributed by atoms with Gasteiger partial charge in [0.2, 0.25) is 0 Å². The summed E-state index contributed by atoms with van der Waals surface area (Å²) in [5.74, 6) is -0.155. The fraction of sp³-hybridized carbons (Fsp3) is 0.222. The fourth-order valence-electron chi connectivity index (χ4n) is 2.67. The lowest BCUT2D eigenvalue weighted by atomic mass is 10.1. The molecule has 3 amide bonds. The van der Waals surface area contributed by atoms with Crippen molar-refractivity contribution in [3.63, 3.8) is 0 Å². The standard InChI is InChI=1S/C18H18N2O2/c1-13-7-5-6-10-15(13)12-20-17(21)16(19-18(20)22)11-14-8-3-2-4-9-14/h2-10,16H,11-12H2,1H3,(H,19,22)/t16-/m0/s1. The first-order valence-electron chi connectivity index (χ1n) is 7.35. The van der Waals surface area contributed by atoms with Crippen molar-refractivity contribution in [2.45, 2.75) is 25.9 Å². The van der Waals surface area contributed by atoms with Gasteiger partial charge >= 0.3 is 6.03 Å². The summed E-state index contributed by atoms with van der Waals surface area (Å²) in [6.45, 7) is 2.30. The van der Waals surface area contributed by atoms with E-state index in [1.807, 2.05) is 61.5 Å². The Morgan fingerprint density at radius 3 is 2.41 bits per heavy atom. The Balaban J connectivity index is 1.73. The average Bonchev–Trinajstić information content (AvgIpc) is 2.78. The van der Waals surface area contributed by atoms with Gasteiger partial charge in [0.1, 0.15) is 6.04 Å². The highest BCUT2D eigenvalue weighted by molar-refractivity contribution is 6.04. The fourth-order valence-corrected chi connectivity index (χ4v) is 2.67. The minimum atomic E-state index is -0.473. The predicted octanol–water partition coefficient (Wildman–Crippen LogP) is 2.66. The van der Waals surface area contributed by atoms with Gasteiger partial charge in [-0.1, -0.05) is 54.6 Å². The van der Waals surface area contributed by atoms with Crippen molar-refractivity contribution < 1.29 is 9.59 Å². The van der Waals surface area contributed by atoms with E-state index in [-0.39, 0.29) is 11.9 Å². The van der Waals surface area contributed by atoms with Crippen LogP contribution in [-0.4, -0.2) is 22.9 Å². The van der Waals surface area contributed by atoms with Gasteiger partial charge < -0.3 is 5.32 Å². The normalized spacial score (nSPS) is 17.7. The molecular formula is C18H18N2O2. The van der Waals surface area contributed by atoms with Crippen molar-refractivity contribution in [2.24, 2.45) is 0 Å². The van der Waals surface area contributed by atoms with Crippen LogP contribution in [0.2, 0.25) is 0 Å². The van der Waals surface area contributed by atoms with Gasteiger partial charge in [0.15, 0.2) is 0 Å². The van der Waals surface area contributed by atoms with Crippen LogP contribution in [0.3, 0.4) is 0 Å². The number of hydrogen-bond donors (Lipinski definition) is 1. The molecule has 2 aromatic rings. The van der Waals surface area contributed by atoms with Crippen molar-refractivity contribution in [1.82, 2.24) is 10.2 Å². The molecule has 3 rings (SSSR count). The monoisotopic (exact) mass is 294 g/mol. The second-order valence-electron chi connectivity index (χ2n) is 5.54. The van der Waals surface area contributed by atoms with Crippen molar-refractivity contribution in [2.75, 3.05) is 0 Å². The maximum atomic E-state index is 12.5. The first-order valence-corrected chi connectivity index (χ1v) is 7.35. The maximum Gasteiger partial charge on any atom is 0.325 e. The van der Waals surface area contributed by atoms with Crippen LogP contribution in [0.15, 0.2) is 54.6 Å². The minimum Gasteiger partial charge on any atom is -0.325 e. The quantitative estimate of drug-likeness (QED) is 0.881. The number of hydrogen-bond acceptors (Lipinski definition) is 2.